The third-order valence-corrected chi connectivity index (χ3v) is 4.14. The van der Waals surface area contributed by atoms with E-state index in [1.165, 1.54) is 18.7 Å². The van der Waals surface area contributed by atoms with E-state index in [1.807, 2.05) is 0 Å². The van der Waals surface area contributed by atoms with Crippen molar-refractivity contribution in [2.75, 3.05) is 32.4 Å². The standard InChI is InChI=1S/C14H21ClN4O/c1-3-19-6-4-5-10(19)9-18(2)14(20)11-7-13(16)17-8-12(11)15/h7-8,10H,3-6,9H2,1-2H3,(H2,16,17). The van der Waals surface area contributed by atoms with E-state index in [1.54, 1.807) is 11.9 Å². The van der Waals surface area contributed by atoms with E-state index in [2.05, 4.69) is 16.8 Å². The summed E-state index contributed by atoms with van der Waals surface area (Å²) >= 11 is 6.03. The first-order valence-electron chi connectivity index (χ1n) is 6.93. The van der Waals surface area contributed by atoms with Gasteiger partial charge in [-0.25, -0.2) is 4.98 Å². The molecule has 0 bridgehead atoms. The second kappa shape index (κ2) is 6.41. The number of nitrogens with zero attached hydrogens (tertiary/aromatic N) is 3. The summed E-state index contributed by atoms with van der Waals surface area (Å²) in [6, 6.07) is 1.97. The average Bonchev–Trinajstić information content (AvgIpc) is 2.87. The van der Waals surface area contributed by atoms with Gasteiger partial charge in [0.15, 0.2) is 0 Å². The monoisotopic (exact) mass is 296 g/mol. The van der Waals surface area contributed by atoms with Crippen molar-refractivity contribution >= 4 is 23.3 Å². The highest BCUT2D eigenvalue weighted by Gasteiger charge is 2.26. The van der Waals surface area contributed by atoms with Gasteiger partial charge in [-0.1, -0.05) is 18.5 Å². The predicted octanol–water partition coefficient (Wildman–Crippen LogP) is 1.87. The van der Waals surface area contributed by atoms with Gasteiger partial charge in [-0.05, 0) is 32.0 Å². The van der Waals surface area contributed by atoms with Crippen LogP contribution in [-0.2, 0) is 0 Å². The molecule has 6 heteroatoms. The third kappa shape index (κ3) is 3.22. The van der Waals surface area contributed by atoms with Gasteiger partial charge in [-0.15, -0.1) is 0 Å². The van der Waals surface area contributed by atoms with E-state index >= 15 is 0 Å². The molecule has 2 heterocycles. The molecule has 1 amide bonds. The van der Waals surface area contributed by atoms with Crippen LogP contribution in [0.3, 0.4) is 0 Å². The normalized spacial score (nSPS) is 19.2. The molecule has 1 aliphatic rings. The Balaban J connectivity index is 2.07. The zero-order valence-electron chi connectivity index (χ0n) is 12.0. The number of hydrogen-bond donors (Lipinski definition) is 1. The Bertz CT molecular complexity index is 494. The Morgan fingerprint density at radius 1 is 1.65 bits per heavy atom. The molecule has 20 heavy (non-hydrogen) atoms. The van der Waals surface area contributed by atoms with E-state index in [0.29, 0.717) is 29.0 Å². The molecule has 0 radical (unpaired) electrons. The number of pyridine rings is 1. The van der Waals surface area contributed by atoms with Gasteiger partial charge in [0.25, 0.3) is 5.91 Å². The molecule has 1 saturated heterocycles. The fourth-order valence-corrected chi connectivity index (χ4v) is 2.93. The van der Waals surface area contributed by atoms with Crippen LogP contribution < -0.4 is 5.73 Å². The van der Waals surface area contributed by atoms with Gasteiger partial charge in [0.1, 0.15) is 5.82 Å². The smallest absolute Gasteiger partial charge is 0.255 e. The quantitative estimate of drug-likeness (QED) is 0.921. The number of hydrogen-bond acceptors (Lipinski definition) is 4. The highest BCUT2D eigenvalue weighted by molar-refractivity contribution is 6.33. The number of carbonyl (C=O) groups excluding carboxylic acids is 1. The highest BCUT2D eigenvalue weighted by Crippen LogP contribution is 2.21. The predicted molar refractivity (Wildman–Crippen MR) is 80.9 cm³/mol. The van der Waals surface area contributed by atoms with Crippen LogP contribution >= 0.6 is 11.6 Å². The van der Waals surface area contributed by atoms with Crippen LogP contribution in [0.4, 0.5) is 5.82 Å². The summed E-state index contributed by atoms with van der Waals surface area (Å²) in [5.41, 5.74) is 6.04. The lowest BCUT2D eigenvalue weighted by Gasteiger charge is -2.28. The lowest BCUT2D eigenvalue weighted by Crippen LogP contribution is -2.41. The number of amides is 1. The second-order valence-electron chi connectivity index (χ2n) is 5.20. The number of likely N-dealkylation sites (N-methyl/N-ethyl adjacent to an activating group) is 2. The minimum Gasteiger partial charge on any atom is -0.384 e. The van der Waals surface area contributed by atoms with Crippen LogP contribution in [0.15, 0.2) is 12.3 Å². The first-order valence-corrected chi connectivity index (χ1v) is 7.31. The zero-order valence-corrected chi connectivity index (χ0v) is 12.7. The molecule has 0 aliphatic carbocycles. The van der Waals surface area contributed by atoms with Crippen LogP contribution in [0.2, 0.25) is 5.02 Å². The van der Waals surface area contributed by atoms with Crippen molar-refractivity contribution in [3.05, 3.63) is 22.8 Å². The SMILES string of the molecule is CCN1CCCC1CN(C)C(=O)c1cc(N)ncc1Cl. The molecule has 110 valence electrons. The number of anilines is 1. The van der Waals surface area contributed by atoms with Gasteiger partial charge >= 0.3 is 0 Å². The van der Waals surface area contributed by atoms with Crippen molar-refractivity contribution in [2.45, 2.75) is 25.8 Å². The third-order valence-electron chi connectivity index (χ3n) is 3.84. The van der Waals surface area contributed by atoms with E-state index in [0.717, 1.165) is 19.5 Å². The van der Waals surface area contributed by atoms with Crippen LogP contribution in [-0.4, -0.2) is 53.4 Å². The van der Waals surface area contributed by atoms with Crippen molar-refractivity contribution in [3.63, 3.8) is 0 Å². The molecule has 2 N–H and O–H groups in total. The number of halogens is 1. The van der Waals surface area contributed by atoms with Gasteiger partial charge < -0.3 is 10.6 Å². The number of rotatable bonds is 4. The van der Waals surface area contributed by atoms with Crippen LogP contribution in [0.1, 0.15) is 30.1 Å². The Kier molecular flexibility index (Phi) is 4.83. The molecule has 0 spiro atoms. The van der Waals surface area contributed by atoms with Crippen molar-refractivity contribution in [3.8, 4) is 0 Å². The van der Waals surface area contributed by atoms with Crippen molar-refractivity contribution < 1.29 is 4.79 Å². The Morgan fingerprint density at radius 3 is 3.10 bits per heavy atom. The van der Waals surface area contributed by atoms with E-state index in [9.17, 15) is 4.79 Å². The topological polar surface area (TPSA) is 62.5 Å². The van der Waals surface area contributed by atoms with Gasteiger partial charge in [0, 0.05) is 25.8 Å². The van der Waals surface area contributed by atoms with Crippen LogP contribution in [0, 0.1) is 0 Å². The van der Waals surface area contributed by atoms with Gasteiger partial charge in [-0.3, -0.25) is 9.69 Å². The average molecular weight is 297 g/mol. The number of likely N-dealkylation sites (tertiary alicyclic amines) is 1. The molecular formula is C14H21ClN4O. The first kappa shape index (κ1) is 15.1. The minimum absolute atomic E-state index is 0.105. The second-order valence-corrected chi connectivity index (χ2v) is 5.61. The maximum atomic E-state index is 12.4. The lowest BCUT2D eigenvalue weighted by molar-refractivity contribution is 0.0755. The molecule has 1 aromatic heterocycles. The van der Waals surface area contributed by atoms with Crippen molar-refractivity contribution in [1.82, 2.24) is 14.8 Å². The summed E-state index contributed by atoms with van der Waals surface area (Å²) in [5.74, 6) is 0.203. The summed E-state index contributed by atoms with van der Waals surface area (Å²) in [6.07, 6.45) is 3.76. The van der Waals surface area contributed by atoms with E-state index in [4.69, 9.17) is 17.3 Å². The number of aromatic nitrogens is 1. The molecule has 1 atom stereocenters. The number of nitrogens with two attached hydrogens (primary N) is 1. The Labute approximate surface area is 124 Å². The molecule has 0 saturated carbocycles. The number of carbonyl (C=O) groups is 1. The van der Waals surface area contributed by atoms with E-state index < -0.39 is 0 Å². The van der Waals surface area contributed by atoms with Gasteiger partial charge in [-0.2, -0.15) is 0 Å². The molecule has 2 rings (SSSR count). The maximum Gasteiger partial charge on any atom is 0.255 e. The van der Waals surface area contributed by atoms with Crippen LogP contribution in [0.25, 0.3) is 0 Å². The fraction of sp³-hybridized carbons (Fsp3) is 0.571. The van der Waals surface area contributed by atoms with Crippen LogP contribution in [0.5, 0.6) is 0 Å². The van der Waals surface area contributed by atoms with E-state index in [-0.39, 0.29) is 5.91 Å². The summed E-state index contributed by atoms with van der Waals surface area (Å²) in [6.45, 7) is 5.01. The minimum atomic E-state index is -0.105. The summed E-state index contributed by atoms with van der Waals surface area (Å²) < 4.78 is 0. The molecule has 0 aromatic carbocycles. The highest BCUT2D eigenvalue weighted by atomic mass is 35.5. The first-order chi connectivity index (χ1) is 9.52. The summed E-state index contributed by atoms with van der Waals surface area (Å²) in [5, 5.41) is 0.342. The molecule has 1 fully saturated rings. The maximum absolute atomic E-state index is 12.4. The Morgan fingerprint density at radius 2 is 2.40 bits per heavy atom. The largest absolute Gasteiger partial charge is 0.384 e. The molecule has 1 aromatic rings. The zero-order chi connectivity index (χ0) is 14.7. The summed E-state index contributed by atoms with van der Waals surface area (Å²) in [7, 11) is 1.81. The van der Waals surface area contributed by atoms with Crippen molar-refractivity contribution in [2.24, 2.45) is 0 Å². The number of nitrogen functional groups attached to an aromatic ring is 1. The molecule has 5 nitrogen and oxygen atoms in total. The molecule has 1 aliphatic heterocycles. The Hall–Kier alpha value is -1.33. The summed E-state index contributed by atoms with van der Waals surface area (Å²) in [4.78, 5) is 20.4. The van der Waals surface area contributed by atoms with Gasteiger partial charge in [0.2, 0.25) is 0 Å². The molecular weight excluding hydrogens is 276 g/mol. The molecule has 1 unspecified atom stereocenters. The fourth-order valence-electron chi connectivity index (χ4n) is 2.74. The van der Waals surface area contributed by atoms with Gasteiger partial charge in [0.05, 0.1) is 10.6 Å². The lowest BCUT2D eigenvalue weighted by atomic mass is 10.2. The van der Waals surface area contributed by atoms with Crippen molar-refractivity contribution in [1.29, 1.82) is 0 Å².